The number of carbonyl (C=O) groups is 2. The number of fused-ring (bicyclic) bond motifs is 5. The van der Waals surface area contributed by atoms with Gasteiger partial charge >= 0.3 is 11.9 Å². The predicted molar refractivity (Wildman–Crippen MR) is 164 cm³/mol. The number of benzene rings is 2. The van der Waals surface area contributed by atoms with E-state index in [0.717, 1.165) is 52.1 Å². The number of carbonyl (C=O) groups excluding carboxylic acids is 2. The Kier molecular flexibility index (Phi) is 12.5. The fourth-order valence-electron chi connectivity index (χ4n) is 5.29. The summed E-state index contributed by atoms with van der Waals surface area (Å²) in [5, 5.41) is 0.436. The van der Waals surface area contributed by atoms with Gasteiger partial charge in [0.15, 0.2) is 11.5 Å². The second-order valence-electron chi connectivity index (χ2n) is 10.5. The van der Waals surface area contributed by atoms with E-state index in [4.69, 9.17) is 51.6 Å². The summed E-state index contributed by atoms with van der Waals surface area (Å²) in [6.07, 6.45) is 3.20. The molecule has 1 fully saturated rings. The normalized spacial score (nSPS) is 22.1. The maximum atomic E-state index is 13.4. The molecule has 2 aliphatic heterocycles. The zero-order valence-electron chi connectivity index (χ0n) is 25.0. The molecule has 0 radical (unpaired) electrons. The molecule has 1 saturated heterocycles. The topological polar surface area (TPSA) is 96.0 Å². The highest BCUT2D eigenvalue weighted by molar-refractivity contribution is 6.43. The van der Waals surface area contributed by atoms with Crippen molar-refractivity contribution in [2.75, 3.05) is 73.8 Å². The van der Waals surface area contributed by atoms with Crippen molar-refractivity contribution in [3.63, 3.8) is 0 Å². The van der Waals surface area contributed by atoms with E-state index < -0.39 is 11.9 Å². The van der Waals surface area contributed by atoms with E-state index in [0.29, 0.717) is 54.4 Å². The molecule has 4 rings (SSSR count). The third kappa shape index (κ3) is 9.04. The Bertz CT molecular complexity index is 1240. The molecular weight excluding hydrogens is 599 g/mol. The number of nitrogens with zero attached hydrogens (tertiary/aromatic N) is 2. The van der Waals surface area contributed by atoms with Crippen LogP contribution in [0.4, 0.5) is 0 Å². The summed E-state index contributed by atoms with van der Waals surface area (Å²) < 4.78 is 33.7. The summed E-state index contributed by atoms with van der Waals surface area (Å²) in [6, 6.07) is 6.21. The molecule has 0 spiro atoms. The highest BCUT2D eigenvalue weighted by Gasteiger charge is 2.23. The Morgan fingerprint density at radius 1 is 0.791 bits per heavy atom. The van der Waals surface area contributed by atoms with Crippen molar-refractivity contribution in [1.82, 2.24) is 9.80 Å². The van der Waals surface area contributed by atoms with Gasteiger partial charge in [-0.1, -0.05) is 23.2 Å². The minimum absolute atomic E-state index is 0.211. The van der Waals surface area contributed by atoms with Gasteiger partial charge in [-0.3, -0.25) is 0 Å². The summed E-state index contributed by atoms with van der Waals surface area (Å²) in [4.78, 5) is 30.9. The quantitative estimate of drug-likeness (QED) is 0.398. The lowest BCUT2D eigenvalue weighted by atomic mass is 10.1. The van der Waals surface area contributed by atoms with Gasteiger partial charge in [0.05, 0.1) is 50.7 Å². The van der Waals surface area contributed by atoms with E-state index in [1.54, 1.807) is 18.2 Å². The van der Waals surface area contributed by atoms with Crippen molar-refractivity contribution < 1.29 is 38.0 Å². The van der Waals surface area contributed by atoms with Gasteiger partial charge in [-0.05, 0) is 69.5 Å². The van der Waals surface area contributed by atoms with Crippen molar-refractivity contribution in [3.8, 4) is 23.0 Å². The van der Waals surface area contributed by atoms with E-state index in [-0.39, 0.29) is 28.3 Å². The minimum atomic E-state index is -0.480. The molecule has 0 aromatic heterocycles. The van der Waals surface area contributed by atoms with E-state index in [9.17, 15) is 9.59 Å². The van der Waals surface area contributed by atoms with Crippen LogP contribution in [-0.2, 0) is 9.47 Å². The van der Waals surface area contributed by atoms with Crippen LogP contribution in [0.5, 0.6) is 23.0 Å². The van der Waals surface area contributed by atoms with Gasteiger partial charge in [-0.15, -0.1) is 0 Å². The molecule has 4 bridgehead atoms. The first kappa shape index (κ1) is 33.0. The maximum absolute atomic E-state index is 13.4. The molecule has 2 aromatic carbocycles. The van der Waals surface area contributed by atoms with Crippen LogP contribution in [0.15, 0.2) is 24.3 Å². The van der Waals surface area contributed by atoms with Crippen molar-refractivity contribution in [2.45, 2.75) is 38.2 Å². The molecule has 12 heteroatoms. The maximum Gasteiger partial charge on any atom is 0.338 e. The number of rotatable bonds is 5. The van der Waals surface area contributed by atoms with Crippen LogP contribution in [0.3, 0.4) is 0 Å². The van der Waals surface area contributed by atoms with Gasteiger partial charge in [-0.25, -0.2) is 9.59 Å². The van der Waals surface area contributed by atoms with Crippen LogP contribution >= 0.6 is 23.2 Å². The van der Waals surface area contributed by atoms with Gasteiger partial charge in [0.2, 0.25) is 5.75 Å². The third-order valence-electron chi connectivity index (χ3n) is 7.63. The predicted octanol–water partition coefficient (Wildman–Crippen LogP) is 5.36. The fraction of sp³-hybridized carbons (Fsp3) is 0.548. The van der Waals surface area contributed by atoms with E-state index in [1.807, 2.05) is 0 Å². The highest BCUT2D eigenvalue weighted by atomic mass is 35.5. The molecule has 0 amide bonds. The monoisotopic (exact) mass is 638 g/mol. The van der Waals surface area contributed by atoms with Gasteiger partial charge in [0.1, 0.15) is 16.9 Å². The van der Waals surface area contributed by atoms with E-state index in [1.165, 1.54) is 27.4 Å². The highest BCUT2D eigenvalue weighted by Crippen LogP contribution is 2.38. The lowest BCUT2D eigenvalue weighted by molar-refractivity contribution is 0.0221. The molecule has 3 atom stereocenters. The van der Waals surface area contributed by atoms with Gasteiger partial charge in [-0.2, -0.15) is 0 Å². The van der Waals surface area contributed by atoms with Gasteiger partial charge in [0.25, 0.3) is 0 Å². The number of methoxy groups -OCH3 is 3. The van der Waals surface area contributed by atoms with Crippen LogP contribution < -0.4 is 18.9 Å². The second kappa shape index (κ2) is 16.2. The lowest BCUT2D eigenvalue weighted by Crippen LogP contribution is -2.34. The fourth-order valence-corrected chi connectivity index (χ4v) is 5.67. The molecule has 2 heterocycles. The van der Waals surface area contributed by atoms with Crippen LogP contribution in [0.2, 0.25) is 10.0 Å². The largest absolute Gasteiger partial charge is 0.493 e. The first-order valence-electron chi connectivity index (χ1n) is 14.6. The number of esters is 2. The molecule has 0 N–H and O–H groups in total. The first-order valence-corrected chi connectivity index (χ1v) is 15.3. The number of hydrogen-bond donors (Lipinski definition) is 0. The zero-order valence-corrected chi connectivity index (χ0v) is 26.5. The summed E-state index contributed by atoms with van der Waals surface area (Å²) in [7, 11) is 4.51. The smallest absolute Gasteiger partial charge is 0.338 e. The molecule has 3 unspecified atom stereocenters. The Morgan fingerprint density at radius 3 is 2.12 bits per heavy atom. The molecule has 236 valence electrons. The van der Waals surface area contributed by atoms with Crippen LogP contribution in [-0.4, -0.2) is 102 Å². The third-order valence-corrected chi connectivity index (χ3v) is 8.42. The number of hydrogen-bond acceptors (Lipinski definition) is 10. The summed E-state index contributed by atoms with van der Waals surface area (Å²) in [6.45, 7) is 6.02. The summed E-state index contributed by atoms with van der Waals surface area (Å²) in [5.74, 6) is 0.499. The number of halogens is 2. The average Bonchev–Trinajstić information content (AvgIpc) is 3.25. The molecule has 2 aromatic rings. The molecular formula is C31H40Cl2N2O8. The zero-order chi connectivity index (χ0) is 30.8. The van der Waals surface area contributed by atoms with Crippen molar-refractivity contribution >= 4 is 35.1 Å². The minimum Gasteiger partial charge on any atom is -0.493 e. The SMILES string of the molecule is COc1cc(C(=O)OC2CCCOc3cc(cc(Cl)c3Cl)C(=O)OCCCN3CCCN(CC2)CC3)cc(OC)c1OC. The second-order valence-corrected chi connectivity index (χ2v) is 11.3. The molecule has 2 aliphatic rings. The molecule has 0 saturated carbocycles. The Balaban J connectivity index is 1.52. The summed E-state index contributed by atoms with van der Waals surface area (Å²) >= 11 is 12.7. The van der Waals surface area contributed by atoms with Crippen LogP contribution in [0.1, 0.15) is 52.8 Å². The van der Waals surface area contributed by atoms with Crippen molar-refractivity contribution in [2.24, 2.45) is 0 Å². The van der Waals surface area contributed by atoms with Crippen molar-refractivity contribution in [1.29, 1.82) is 0 Å². The Labute approximate surface area is 263 Å². The van der Waals surface area contributed by atoms with Crippen LogP contribution in [0, 0.1) is 0 Å². The first-order chi connectivity index (χ1) is 20.8. The summed E-state index contributed by atoms with van der Waals surface area (Å²) in [5.41, 5.74) is 0.585. The standard InChI is InChI=1S/C31H40Cl2N2O8/c1-38-26-19-22(20-27(39-2)29(26)40-3)31(37)43-23-7-4-15-41-25-18-21(17-24(32)28(25)33)30(36)42-16-6-11-34-9-5-10-35(12-8-23)14-13-34/h17-20,23H,4-16H2,1-3H3. The molecule has 0 aliphatic carbocycles. The van der Waals surface area contributed by atoms with Crippen LogP contribution in [0.25, 0.3) is 0 Å². The van der Waals surface area contributed by atoms with Gasteiger partial charge in [0, 0.05) is 26.2 Å². The number of ether oxygens (including phenoxy) is 6. The Morgan fingerprint density at radius 2 is 1.44 bits per heavy atom. The molecule has 43 heavy (non-hydrogen) atoms. The number of cyclic esters (lactones) is 1. The van der Waals surface area contributed by atoms with Gasteiger partial charge < -0.3 is 38.2 Å². The Hall–Kier alpha value is -2.92. The molecule has 10 nitrogen and oxygen atoms in total. The van der Waals surface area contributed by atoms with E-state index in [2.05, 4.69) is 9.80 Å². The van der Waals surface area contributed by atoms with Crippen molar-refractivity contribution in [3.05, 3.63) is 45.4 Å². The lowest BCUT2D eigenvalue weighted by Gasteiger charge is -2.25. The van der Waals surface area contributed by atoms with E-state index >= 15 is 0 Å². The average molecular weight is 640 g/mol.